The van der Waals surface area contributed by atoms with Crippen LogP contribution in [0, 0.1) is 0 Å². The van der Waals surface area contributed by atoms with Crippen molar-refractivity contribution in [1.82, 2.24) is 9.78 Å². The summed E-state index contributed by atoms with van der Waals surface area (Å²) in [5.74, 6) is -0.585. The van der Waals surface area contributed by atoms with Crippen LogP contribution >= 0.6 is 0 Å². The number of hydrogen-bond donors (Lipinski definition) is 0. The molecule has 1 saturated heterocycles. The quantitative estimate of drug-likeness (QED) is 0.383. The van der Waals surface area contributed by atoms with E-state index in [0.29, 0.717) is 46.1 Å². The Labute approximate surface area is 239 Å². The molecule has 222 valence electrons. The average molecular weight is 587 g/mol. The molecule has 42 heavy (non-hydrogen) atoms. The number of amides is 1. The van der Waals surface area contributed by atoms with Crippen LogP contribution in [0.1, 0.15) is 30.9 Å². The minimum atomic E-state index is -4.80. The largest absolute Gasteiger partial charge is 0.497 e. The molecule has 2 aromatic carbocycles. The van der Waals surface area contributed by atoms with Crippen LogP contribution in [0.5, 0.6) is 11.5 Å². The number of aromatic nitrogens is 2. The minimum Gasteiger partial charge on any atom is -0.497 e. The van der Waals surface area contributed by atoms with Crippen molar-refractivity contribution in [3.8, 4) is 28.4 Å². The third-order valence-electron chi connectivity index (χ3n) is 7.33. The number of hydrogen-bond acceptors (Lipinski definition) is 8. The second-order valence-electron chi connectivity index (χ2n) is 9.96. The van der Waals surface area contributed by atoms with Crippen molar-refractivity contribution in [1.29, 1.82) is 0 Å². The first kappa shape index (κ1) is 29.0. The van der Waals surface area contributed by atoms with E-state index in [1.165, 1.54) is 26.4 Å². The van der Waals surface area contributed by atoms with Gasteiger partial charge in [0.05, 0.1) is 31.2 Å². The zero-order chi connectivity index (χ0) is 30.2. The van der Waals surface area contributed by atoms with Crippen molar-refractivity contribution < 1.29 is 37.0 Å². The maximum Gasteiger partial charge on any atom is 0.418 e. The lowest BCUT2D eigenvalue weighted by Crippen LogP contribution is -2.38. The number of esters is 1. The van der Waals surface area contributed by atoms with Crippen molar-refractivity contribution in [3.05, 3.63) is 57.9 Å². The molecular formula is C29H29F3N4O6. The van der Waals surface area contributed by atoms with Crippen LogP contribution in [0.25, 0.3) is 16.9 Å². The van der Waals surface area contributed by atoms with Gasteiger partial charge in [0.25, 0.3) is 11.5 Å². The number of benzene rings is 2. The molecule has 0 aliphatic carbocycles. The summed E-state index contributed by atoms with van der Waals surface area (Å²) >= 11 is 0. The van der Waals surface area contributed by atoms with Gasteiger partial charge in [0.15, 0.2) is 6.61 Å². The first-order chi connectivity index (χ1) is 20.0. The van der Waals surface area contributed by atoms with Gasteiger partial charge in [-0.2, -0.15) is 23.0 Å². The van der Waals surface area contributed by atoms with E-state index in [1.54, 1.807) is 18.2 Å². The number of methoxy groups -OCH3 is 2. The number of ether oxygens (including phenoxy) is 3. The van der Waals surface area contributed by atoms with Gasteiger partial charge < -0.3 is 24.0 Å². The SMILES string of the molecule is COc1cc(OC)cc(-c2nn(-c3cc(N4CCCC4)ccc3C(F)(F)F)c(=O)c3c2CCN3C(=O)COC(C)=O)c1. The Morgan fingerprint density at radius 1 is 0.976 bits per heavy atom. The lowest BCUT2D eigenvalue weighted by molar-refractivity contribution is -0.145. The van der Waals surface area contributed by atoms with Crippen molar-refractivity contribution in [3.63, 3.8) is 0 Å². The highest BCUT2D eigenvalue weighted by Gasteiger charge is 2.38. The maximum absolute atomic E-state index is 14.3. The molecule has 2 aliphatic heterocycles. The number of rotatable bonds is 7. The molecule has 13 heteroatoms. The highest BCUT2D eigenvalue weighted by atomic mass is 19.4. The fraction of sp³-hybridized carbons (Fsp3) is 0.379. The highest BCUT2D eigenvalue weighted by Crippen LogP contribution is 2.39. The van der Waals surface area contributed by atoms with E-state index in [0.717, 1.165) is 30.7 Å². The molecule has 0 N–H and O–H groups in total. The van der Waals surface area contributed by atoms with Crippen molar-refractivity contribution in [2.75, 3.05) is 50.3 Å². The van der Waals surface area contributed by atoms with Gasteiger partial charge in [-0.3, -0.25) is 14.4 Å². The molecule has 10 nitrogen and oxygen atoms in total. The first-order valence-electron chi connectivity index (χ1n) is 13.3. The fourth-order valence-corrected chi connectivity index (χ4v) is 5.33. The topological polar surface area (TPSA) is 103 Å². The number of carbonyl (C=O) groups excluding carboxylic acids is 2. The van der Waals surface area contributed by atoms with E-state index in [9.17, 15) is 27.6 Å². The Bertz CT molecular complexity index is 1580. The lowest BCUT2D eigenvalue weighted by atomic mass is 10.0. The molecule has 0 bridgehead atoms. The van der Waals surface area contributed by atoms with Gasteiger partial charge in [-0.15, -0.1) is 0 Å². The van der Waals surface area contributed by atoms with E-state index in [-0.39, 0.29) is 24.3 Å². The molecule has 0 spiro atoms. The normalized spacial score (nSPS) is 14.6. The number of nitrogens with zero attached hydrogens (tertiary/aromatic N) is 4. The number of carbonyl (C=O) groups is 2. The second kappa shape index (κ2) is 11.4. The molecule has 5 rings (SSSR count). The zero-order valence-corrected chi connectivity index (χ0v) is 23.3. The van der Waals surface area contributed by atoms with Crippen molar-refractivity contribution in [2.24, 2.45) is 0 Å². The Morgan fingerprint density at radius 2 is 1.64 bits per heavy atom. The molecule has 0 radical (unpaired) electrons. The van der Waals surface area contributed by atoms with Crippen LogP contribution in [0.4, 0.5) is 24.5 Å². The average Bonchev–Trinajstić information content (AvgIpc) is 3.66. The predicted octanol–water partition coefficient (Wildman–Crippen LogP) is 3.99. The van der Waals surface area contributed by atoms with Crippen LogP contribution in [0.3, 0.4) is 0 Å². The summed E-state index contributed by atoms with van der Waals surface area (Å²) in [6, 6.07) is 8.51. The fourth-order valence-electron chi connectivity index (χ4n) is 5.33. The van der Waals surface area contributed by atoms with Crippen LogP contribution < -0.4 is 24.8 Å². The molecule has 1 fully saturated rings. The minimum absolute atomic E-state index is 0.0460. The van der Waals surface area contributed by atoms with Gasteiger partial charge in [-0.25, -0.2) is 0 Å². The molecule has 3 aromatic rings. The summed E-state index contributed by atoms with van der Waals surface area (Å²) in [7, 11) is 2.90. The smallest absolute Gasteiger partial charge is 0.418 e. The van der Waals surface area contributed by atoms with Crippen LogP contribution in [-0.4, -0.2) is 62.1 Å². The van der Waals surface area contributed by atoms with Gasteiger partial charge in [0.2, 0.25) is 0 Å². The van der Waals surface area contributed by atoms with E-state index in [1.807, 2.05) is 4.90 Å². The Kier molecular flexibility index (Phi) is 7.85. The Hall–Kier alpha value is -4.55. The van der Waals surface area contributed by atoms with E-state index in [4.69, 9.17) is 14.2 Å². The summed E-state index contributed by atoms with van der Waals surface area (Å²) in [6.45, 7) is 1.90. The number of fused-ring (bicyclic) bond motifs is 1. The summed E-state index contributed by atoms with van der Waals surface area (Å²) in [5, 5.41) is 4.50. The van der Waals surface area contributed by atoms with Crippen LogP contribution in [0.15, 0.2) is 41.2 Å². The number of alkyl halides is 3. The maximum atomic E-state index is 14.3. The van der Waals surface area contributed by atoms with Crippen LogP contribution in [0.2, 0.25) is 0 Å². The third kappa shape index (κ3) is 5.50. The molecule has 3 heterocycles. The summed E-state index contributed by atoms with van der Waals surface area (Å²) in [4.78, 5) is 41.5. The number of anilines is 2. The molecular weight excluding hydrogens is 557 g/mol. The summed E-state index contributed by atoms with van der Waals surface area (Å²) in [5.41, 5.74) is -1.05. The molecule has 1 amide bonds. The third-order valence-corrected chi connectivity index (χ3v) is 7.33. The molecule has 0 saturated carbocycles. The van der Waals surface area contributed by atoms with Crippen molar-refractivity contribution >= 4 is 23.3 Å². The number of halogens is 3. The Morgan fingerprint density at radius 3 is 2.24 bits per heavy atom. The van der Waals surface area contributed by atoms with Gasteiger partial charge in [-0.05, 0) is 49.6 Å². The molecule has 2 aliphatic rings. The highest BCUT2D eigenvalue weighted by molar-refractivity contribution is 5.98. The zero-order valence-electron chi connectivity index (χ0n) is 23.3. The Balaban J connectivity index is 1.78. The van der Waals surface area contributed by atoms with Crippen LogP contribution in [-0.2, 0) is 26.9 Å². The van der Waals surface area contributed by atoms with E-state index < -0.39 is 41.5 Å². The standard InChI is InChI=1S/C29H29F3N4O6/c1-17(37)42-16-25(38)35-11-8-22-26(18-12-20(40-2)15-21(13-18)41-3)33-36(28(39)27(22)35)24-14-19(34-9-4-5-10-34)6-7-23(24)29(30,31)32/h6-7,12-15H,4-5,8-11,16H2,1-3H3. The lowest BCUT2D eigenvalue weighted by Gasteiger charge is -2.23. The van der Waals surface area contributed by atoms with E-state index >= 15 is 0 Å². The van der Waals surface area contributed by atoms with Crippen molar-refractivity contribution in [2.45, 2.75) is 32.4 Å². The monoisotopic (exact) mass is 586 g/mol. The summed E-state index contributed by atoms with van der Waals surface area (Å²) in [6.07, 6.45) is -2.81. The van der Waals surface area contributed by atoms with Gasteiger partial charge in [0.1, 0.15) is 17.2 Å². The van der Waals surface area contributed by atoms with Gasteiger partial charge in [-0.1, -0.05) is 0 Å². The summed E-state index contributed by atoms with van der Waals surface area (Å²) < 4.78 is 59.4. The molecule has 0 unspecified atom stereocenters. The van der Waals surface area contributed by atoms with Gasteiger partial charge >= 0.3 is 12.1 Å². The second-order valence-corrected chi connectivity index (χ2v) is 9.96. The van der Waals surface area contributed by atoms with E-state index in [2.05, 4.69) is 5.10 Å². The van der Waals surface area contributed by atoms with Gasteiger partial charge in [0, 0.05) is 49.4 Å². The predicted molar refractivity (Wildman–Crippen MR) is 148 cm³/mol. The molecule has 0 atom stereocenters. The molecule has 1 aromatic heterocycles. The first-order valence-corrected chi connectivity index (χ1v) is 13.3.